The zero-order chi connectivity index (χ0) is 18.6. The van der Waals surface area contributed by atoms with E-state index in [1.165, 1.54) is 16.7 Å². The van der Waals surface area contributed by atoms with Crippen molar-refractivity contribution in [2.24, 2.45) is 0 Å². The number of rotatable bonds is 6. The van der Waals surface area contributed by atoms with Crippen LogP contribution in [-0.2, 0) is 12.0 Å². The van der Waals surface area contributed by atoms with E-state index in [9.17, 15) is 5.11 Å². The van der Waals surface area contributed by atoms with Crippen LogP contribution in [0.5, 0.6) is 5.75 Å². The van der Waals surface area contributed by atoms with Gasteiger partial charge in [-0.15, -0.1) is 0 Å². The molecule has 0 bridgehead atoms. The van der Waals surface area contributed by atoms with Gasteiger partial charge in [0.2, 0.25) is 0 Å². The molecule has 140 valence electrons. The van der Waals surface area contributed by atoms with Gasteiger partial charge in [-0.2, -0.15) is 0 Å². The average molecular weight is 353 g/mol. The SMILES string of the molecule is CCC(C)(C)c1ccc([C@@H]2CCC[C@@H](O)C2)c(OCc2ccccc2)c1. The lowest BCUT2D eigenvalue weighted by Crippen LogP contribution is -2.20. The molecule has 0 spiro atoms. The van der Waals surface area contributed by atoms with Gasteiger partial charge in [0.15, 0.2) is 0 Å². The summed E-state index contributed by atoms with van der Waals surface area (Å²) in [5, 5.41) is 10.1. The van der Waals surface area contributed by atoms with E-state index in [1.807, 2.05) is 18.2 Å². The van der Waals surface area contributed by atoms with Gasteiger partial charge in [0, 0.05) is 0 Å². The molecule has 2 atom stereocenters. The maximum absolute atomic E-state index is 10.1. The van der Waals surface area contributed by atoms with Crippen LogP contribution < -0.4 is 4.74 Å². The van der Waals surface area contributed by atoms with Crippen molar-refractivity contribution in [3.8, 4) is 5.75 Å². The highest BCUT2D eigenvalue weighted by atomic mass is 16.5. The number of benzene rings is 2. The number of hydrogen-bond donors (Lipinski definition) is 1. The molecule has 1 fully saturated rings. The molecular formula is C24H32O2. The minimum atomic E-state index is -0.178. The van der Waals surface area contributed by atoms with Crippen LogP contribution in [0.2, 0.25) is 0 Å². The first kappa shape index (κ1) is 19.0. The van der Waals surface area contributed by atoms with Gasteiger partial charge in [0.1, 0.15) is 12.4 Å². The quantitative estimate of drug-likeness (QED) is 0.694. The van der Waals surface area contributed by atoms with Crippen molar-refractivity contribution in [2.75, 3.05) is 0 Å². The predicted molar refractivity (Wildman–Crippen MR) is 108 cm³/mol. The topological polar surface area (TPSA) is 29.5 Å². The number of aliphatic hydroxyl groups is 1. The summed E-state index contributed by atoms with van der Waals surface area (Å²) in [7, 11) is 0. The number of aliphatic hydroxyl groups excluding tert-OH is 1. The Morgan fingerprint density at radius 3 is 2.54 bits per heavy atom. The van der Waals surface area contributed by atoms with E-state index in [0.717, 1.165) is 37.9 Å². The summed E-state index contributed by atoms with van der Waals surface area (Å²) in [5.74, 6) is 1.38. The van der Waals surface area contributed by atoms with Gasteiger partial charge in [-0.05, 0) is 59.8 Å². The molecule has 2 heteroatoms. The van der Waals surface area contributed by atoms with Gasteiger partial charge in [-0.25, -0.2) is 0 Å². The van der Waals surface area contributed by atoms with Gasteiger partial charge < -0.3 is 9.84 Å². The summed E-state index contributed by atoms with van der Waals surface area (Å²) in [6.07, 6.45) is 4.91. The third kappa shape index (κ3) is 4.48. The first-order chi connectivity index (χ1) is 12.5. The van der Waals surface area contributed by atoms with E-state index in [0.29, 0.717) is 12.5 Å². The Labute approximate surface area is 158 Å². The third-order valence-corrected chi connectivity index (χ3v) is 6.00. The van der Waals surface area contributed by atoms with Crippen LogP contribution >= 0.6 is 0 Å². The molecule has 0 unspecified atom stereocenters. The molecule has 0 aliphatic heterocycles. The molecule has 0 radical (unpaired) electrons. The molecule has 1 aliphatic carbocycles. The molecule has 0 heterocycles. The van der Waals surface area contributed by atoms with Crippen LogP contribution in [-0.4, -0.2) is 11.2 Å². The fraction of sp³-hybridized carbons (Fsp3) is 0.500. The zero-order valence-electron chi connectivity index (χ0n) is 16.4. The number of hydrogen-bond acceptors (Lipinski definition) is 2. The van der Waals surface area contributed by atoms with Crippen LogP contribution in [0.4, 0.5) is 0 Å². The minimum absolute atomic E-state index is 0.134. The zero-order valence-corrected chi connectivity index (χ0v) is 16.4. The van der Waals surface area contributed by atoms with Crippen molar-refractivity contribution in [2.45, 2.75) is 76.9 Å². The van der Waals surface area contributed by atoms with Gasteiger partial charge in [-0.3, -0.25) is 0 Å². The van der Waals surface area contributed by atoms with Crippen molar-refractivity contribution < 1.29 is 9.84 Å². The van der Waals surface area contributed by atoms with Crippen LogP contribution in [0, 0.1) is 0 Å². The fourth-order valence-electron chi connectivity index (χ4n) is 3.80. The molecule has 2 aromatic rings. The second-order valence-corrected chi connectivity index (χ2v) is 8.28. The summed E-state index contributed by atoms with van der Waals surface area (Å²) in [5.41, 5.74) is 3.90. The molecular weight excluding hydrogens is 320 g/mol. The Morgan fingerprint density at radius 2 is 1.85 bits per heavy atom. The third-order valence-electron chi connectivity index (χ3n) is 6.00. The molecule has 1 aliphatic rings. The summed E-state index contributed by atoms with van der Waals surface area (Å²) >= 11 is 0. The first-order valence-corrected chi connectivity index (χ1v) is 9.99. The fourth-order valence-corrected chi connectivity index (χ4v) is 3.80. The average Bonchev–Trinajstić information content (AvgIpc) is 2.67. The second kappa shape index (κ2) is 8.26. The van der Waals surface area contributed by atoms with Gasteiger partial charge >= 0.3 is 0 Å². The van der Waals surface area contributed by atoms with E-state index in [2.05, 4.69) is 51.1 Å². The molecule has 0 aromatic heterocycles. The molecule has 1 saturated carbocycles. The molecule has 1 N–H and O–H groups in total. The smallest absolute Gasteiger partial charge is 0.123 e. The Balaban J connectivity index is 1.89. The Bertz CT molecular complexity index is 705. The molecule has 3 rings (SSSR count). The van der Waals surface area contributed by atoms with Crippen LogP contribution in [0.25, 0.3) is 0 Å². The molecule has 0 amide bonds. The van der Waals surface area contributed by atoms with Crippen molar-refractivity contribution in [1.82, 2.24) is 0 Å². The Hall–Kier alpha value is -1.80. The van der Waals surface area contributed by atoms with Crippen molar-refractivity contribution in [3.05, 3.63) is 65.2 Å². The molecule has 2 aromatic carbocycles. The maximum atomic E-state index is 10.1. The summed E-state index contributed by atoms with van der Waals surface area (Å²) < 4.78 is 6.31. The molecule has 2 nitrogen and oxygen atoms in total. The van der Waals surface area contributed by atoms with Crippen molar-refractivity contribution in [1.29, 1.82) is 0 Å². The van der Waals surface area contributed by atoms with E-state index < -0.39 is 0 Å². The lowest BCUT2D eigenvalue weighted by molar-refractivity contribution is 0.118. The summed E-state index contributed by atoms with van der Waals surface area (Å²) in [6.45, 7) is 7.38. The van der Waals surface area contributed by atoms with Gasteiger partial charge in [0.25, 0.3) is 0 Å². The lowest BCUT2D eigenvalue weighted by Gasteiger charge is -2.30. The van der Waals surface area contributed by atoms with E-state index in [4.69, 9.17) is 4.74 Å². The standard InChI is InChI=1S/C24H32O2/c1-4-24(2,3)20-13-14-22(19-11-8-12-21(25)15-19)23(16-20)26-17-18-9-6-5-7-10-18/h5-7,9-10,13-14,16,19,21,25H,4,8,11-12,15,17H2,1-3H3/t19-,21-/m1/s1. The van der Waals surface area contributed by atoms with Crippen LogP contribution in [0.15, 0.2) is 48.5 Å². The summed E-state index contributed by atoms with van der Waals surface area (Å²) in [6, 6.07) is 17.1. The van der Waals surface area contributed by atoms with E-state index in [1.54, 1.807) is 0 Å². The van der Waals surface area contributed by atoms with E-state index in [-0.39, 0.29) is 11.5 Å². The van der Waals surface area contributed by atoms with E-state index >= 15 is 0 Å². The highest BCUT2D eigenvalue weighted by molar-refractivity contribution is 5.43. The van der Waals surface area contributed by atoms with Gasteiger partial charge in [-0.1, -0.05) is 69.7 Å². The second-order valence-electron chi connectivity index (χ2n) is 8.28. The minimum Gasteiger partial charge on any atom is -0.489 e. The molecule has 26 heavy (non-hydrogen) atoms. The molecule has 0 saturated heterocycles. The normalized spacial score (nSPS) is 20.8. The van der Waals surface area contributed by atoms with Crippen molar-refractivity contribution in [3.63, 3.8) is 0 Å². The lowest BCUT2D eigenvalue weighted by atomic mass is 9.78. The maximum Gasteiger partial charge on any atom is 0.123 e. The Kier molecular flexibility index (Phi) is 6.03. The van der Waals surface area contributed by atoms with Crippen LogP contribution in [0.1, 0.15) is 75.5 Å². The summed E-state index contributed by atoms with van der Waals surface area (Å²) in [4.78, 5) is 0. The first-order valence-electron chi connectivity index (χ1n) is 9.99. The monoisotopic (exact) mass is 352 g/mol. The largest absolute Gasteiger partial charge is 0.489 e. The predicted octanol–water partition coefficient (Wildman–Crippen LogP) is 5.97. The highest BCUT2D eigenvalue weighted by Crippen LogP contribution is 2.40. The van der Waals surface area contributed by atoms with Gasteiger partial charge in [0.05, 0.1) is 6.10 Å². The highest BCUT2D eigenvalue weighted by Gasteiger charge is 2.26. The van der Waals surface area contributed by atoms with Crippen LogP contribution in [0.3, 0.4) is 0 Å². The van der Waals surface area contributed by atoms with Crippen molar-refractivity contribution >= 4 is 0 Å². The Morgan fingerprint density at radius 1 is 1.08 bits per heavy atom. The number of ether oxygens (including phenoxy) is 1.